The van der Waals surface area contributed by atoms with Crippen LogP contribution in [0.4, 0.5) is 0 Å². The van der Waals surface area contributed by atoms with Gasteiger partial charge in [0.1, 0.15) is 0 Å². The summed E-state index contributed by atoms with van der Waals surface area (Å²) in [6.07, 6.45) is 0.894. The van der Waals surface area contributed by atoms with Gasteiger partial charge in [0.05, 0.1) is 0 Å². The largest absolute Gasteiger partial charge is 0.478 e. The first-order valence-electron chi connectivity index (χ1n) is 3.87. The lowest BCUT2D eigenvalue weighted by molar-refractivity contribution is -0.133. The van der Waals surface area contributed by atoms with Crippen LogP contribution in [0.15, 0.2) is 12.2 Å². The van der Waals surface area contributed by atoms with Crippen LogP contribution in [0.5, 0.6) is 0 Å². The molecule has 0 aromatic rings. The summed E-state index contributed by atoms with van der Waals surface area (Å²) >= 11 is 0. The Morgan fingerprint density at radius 1 is 1.45 bits per heavy atom. The predicted octanol–water partition coefficient (Wildman–Crippen LogP) is 2.31. The van der Waals surface area contributed by atoms with Gasteiger partial charge < -0.3 is 5.11 Å². The Hall–Kier alpha value is -0.790. The fourth-order valence-electron chi connectivity index (χ4n) is 1.06. The molecule has 0 rings (SSSR count). The fourth-order valence-corrected chi connectivity index (χ4v) is 1.06. The van der Waals surface area contributed by atoms with E-state index in [0.29, 0.717) is 11.5 Å². The Morgan fingerprint density at radius 3 is 2.18 bits per heavy atom. The predicted molar refractivity (Wildman–Crippen MR) is 45.4 cm³/mol. The van der Waals surface area contributed by atoms with Crippen LogP contribution in [-0.2, 0) is 4.79 Å². The SMILES string of the molecule is C=C(C(=O)O)C(C)CC(C)C. The molecule has 0 saturated carbocycles. The van der Waals surface area contributed by atoms with Crippen LogP contribution in [0.25, 0.3) is 0 Å². The molecule has 64 valence electrons. The van der Waals surface area contributed by atoms with Gasteiger partial charge in [-0.05, 0) is 18.3 Å². The molecule has 0 saturated heterocycles. The van der Waals surface area contributed by atoms with E-state index in [2.05, 4.69) is 20.4 Å². The molecule has 0 aliphatic carbocycles. The van der Waals surface area contributed by atoms with Crippen LogP contribution in [0.2, 0.25) is 0 Å². The third-order valence-corrected chi connectivity index (χ3v) is 1.69. The van der Waals surface area contributed by atoms with Crippen molar-refractivity contribution in [1.82, 2.24) is 0 Å². The van der Waals surface area contributed by atoms with Crippen molar-refractivity contribution in [2.45, 2.75) is 27.2 Å². The van der Waals surface area contributed by atoms with Gasteiger partial charge in [0.2, 0.25) is 0 Å². The minimum atomic E-state index is -0.877. The lowest BCUT2D eigenvalue weighted by Gasteiger charge is -2.12. The summed E-state index contributed by atoms with van der Waals surface area (Å²) in [6, 6.07) is 0. The Bertz CT molecular complexity index is 159. The van der Waals surface area contributed by atoms with Crippen LogP contribution >= 0.6 is 0 Å². The van der Waals surface area contributed by atoms with E-state index in [-0.39, 0.29) is 5.92 Å². The summed E-state index contributed by atoms with van der Waals surface area (Å²) in [4.78, 5) is 10.4. The zero-order valence-corrected chi connectivity index (χ0v) is 7.42. The third-order valence-electron chi connectivity index (χ3n) is 1.69. The van der Waals surface area contributed by atoms with Gasteiger partial charge >= 0.3 is 5.97 Å². The Balaban J connectivity index is 3.93. The summed E-state index contributed by atoms with van der Waals surface area (Å²) in [6.45, 7) is 9.56. The lowest BCUT2D eigenvalue weighted by Crippen LogP contribution is -2.10. The lowest BCUT2D eigenvalue weighted by atomic mass is 9.93. The number of carboxylic acid groups (broad SMARTS) is 1. The summed E-state index contributed by atoms with van der Waals surface area (Å²) in [5.74, 6) is -0.258. The van der Waals surface area contributed by atoms with E-state index in [9.17, 15) is 4.79 Å². The van der Waals surface area contributed by atoms with Gasteiger partial charge in [-0.1, -0.05) is 27.4 Å². The molecule has 1 atom stereocenters. The molecule has 0 radical (unpaired) electrons. The number of carboxylic acids is 1. The highest BCUT2D eigenvalue weighted by atomic mass is 16.4. The third kappa shape index (κ3) is 3.81. The molecule has 1 N–H and O–H groups in total. The smallest absolute Gasteiger partial charge is 0.331 e. The average Bonchev–Trinajstić information content (AvgIpc) is 1.84. The van der Waals surface area contributed by atoms with Gasteiger partial charge in [0.15, 0.2) is 0 Å². The van der Waals surface area contributed by atoms with Crippen molar-refractivity contribution in [3.8, 4) is 0 Å². The highest BCUT2D eigenvalue weighted by Gasteiger charge is 2.13. The molecule has 2 nitrogen and oxygen atoms in total. The minimum Gasteiger partial charge on any atom is -0.478 e. The van der Waals surface area contributed by atoms with Crippen LogP contribution in [-0.4, -0.2) is 11.1 Å². The van der Waals surface area contributed by atoms with Crippen molar-refractivity contribution < 1.29 is 9.90 Å². The summed E-state index contributed by atoms with van der Waals surface area (Å²) < 4.78 is 0. The highest BCUT2D eigenvalue weighted by Crippen LogP contribution is 2.17. The minimum absolute atomic E-state index is 0.0903. The van der Waals surface area contributed by atoms with Crippen molar-refractivity contribution in [3.05, 3.63) is 12.2 Å². The molecule has 0 spiro atoms. The van der Waals surface area contributed by atoms with E-state index in [1.807, 2.05) is 6.92 Å². The molecule has 2 heteroatoms. The van der Waals surface area contributed by atoms with Crippen molar-refractivity contribution in [1.29, 1.82) is 0 Å². The van der Waals surface area contributed by atoms with E-state index in [0.717, 1.165) is 6.42 Å². The van der Waals surface area contributed by atoms with Crippen LogP contribution in [0.1, 0.15) is 27.2 Å². The normalized spacial score (nSPS) is 13.1. The number of aliphatic carboxylic acids is 1. The molecule has 1 unspecified atom stereocenters. The molecule has 0 heterocycles. The molecule has 0 aliphatic heterocycles. The topological polar surface area (TPSA) is 37.3 Å². The second-order valence-electron chi connectivity index (χ2n) is 3.36. The van der Waals surface area contributed by atoms with Gasteiger partial charge in [-0.15, -0.1) is 0 Å². The molecule has 0 aromatic heterocycles. The van der Waals surface area contributed by atoms with Gasteiger partial charge in [-0.2, -0.15) is 0 Å². The Kier molecular flexibility index (Phi) is 3.86. The average molecular weight is 156 g/mol. The standard InChI is InChI=1S/C9H16O2/c1-6(2)5-7(3)8(4)9(10)11/h6-7H,4-5H2,1-3H3,(H,10,11). The molecule has 11 heavy (non-hydrogen) atoms. The van der Waals surface area contributed by atoms with Crippen molar-refractivity contribution in [3.63, 3.8) is 0 Å². The molecule has 0 amide bonds. The van der Waals surface area contributed by atoms with E-state index < -0.39 is 5.97 Å². The van der Waals surface area contributed by atoms with Crippen molar-refractivity contribution in [2.75, 3.05) is 0 Å². The second kappa shape index (κ2) is 4.16. The van der Waals surface area contributed by atoms with Gasteiger partial charge in [-0.3, -0.25) is 0 Å². The van der Waals surface area contributed by atoms with E-state index in [1.54, 1.807) is 0 Å². The number of carbonyl (C=O) groups is 1. The molecule has 0 bridgehead atoms. The fraction of sp³-hybridized carbons (Fsp3) is 0.667. The number of rotatable bonds is 4. The van der Waals surface area contributed by atoms with E-state index in [4.69, 9.17) is 5.11 Å². The zero-order valence-electron chi connectivity index (χ0n) is 7.42. The highest BCUT2D eigenvalue weighted by molar-refractivity contribution is 5.86. The first kappa shape index (κ1) is 10.2. The maximum atomic E-state index is 10.4. The second-order valence-corrected chi connectivity index (χ2v) is 3.36. The van der Waals surface area contributed by atoms with Crippen molar-refractivity contribution in [2.24, 2.45) is 11.8 Å². The van der Waals surface area contributed by atoms with Crippen LogP contribution in [0, 0.1) is 11.8 Å². The molecule has 0 fully saturated rings. The van der Waals surface area contributed by atoms with Crippen LogP contribution in [0.3, 0.4) is 0 Å². The quantitative estimate of drug-likeness (QED) is 0.634. The molecule has 0 aromatic carbocycles. The van der Waals surface area contributed by atoms with E-state index >= 15 is 0 Å². The number of hydrogen-bond donors (Lipinski definition) is 1. The Labute approximate surface area is 67.9 Å². The van der Waals surface area contributed by atoms with Gasteiger partial charge in [0.25, 0.3) is 0 Å². The number of hydrogen-bond acceptors (Lipinski definition) is 1. The summed E-state index contributed by atoms with van der Waals surface area (Å²) in [5.41, 5.74) is 0.318. The summed E-state index contributed by atoms with van der Waals surface area (Å²) in [7, 11) is 0. The first-order chi connectivity index (χ1) is 4.95. The van der Waals surface area contributed by atoms with E-state index in [1.165, 1.54) is 0 Å². The molecular weight excluding hydrogens is 140 g/mol. The van der Waals surface area contributed by atoms with Gasteiger partial charge in [-0.25, -0.2) is 4.79 Å². The van der Waals surface area contributed by atoms with Gasteiger partial charge in [0, 0.05) is 5.57 Å². The maximum absolute atomic E-state index is 10.4. The Morgan fingerprint density at radius 2 is 1.91 bits per heavy atom. The maximum Gasteiger partial charge on any atom is 0.331 e. The molecular formula is C9H16O2. The first-order valence-corrected chi connectivity index (χ1v) is 3.87. The summed E-state index contributed by atoms with van der Waals surface area (Å²) in [5, 5.41) is 8.57. The van der Waals surface area contributed by atoms with Crippen LogP contribution < -0.4 is 0 Å². The molecule has 0 aliphatic rings. The van der Waals surface area contributed by atoms with Crippen molar-refractivity contribution >= 4 is 5.97 Å². The monoisotopic (exact) mass is 156 g/mol. The zero-order chi connectivity index (χ0) is 9.02.